The number of halogens is 1. The normalized spacial score (nSPS) is 12.9. The Morgan fingerprint density at radius 3 is 2.50 bits per heavy atom. The third-order valence-electron chi connectivity index (χ3n) is 3.99. The zero-order chi connectivity index (χ0) is 21.9. The number of ether oxygens (including phenoxy) is 1. The molecule has 10 heteroatoms. The number of aliphatic imine (C=N–C) groups is 1. The predicted molar refractivity (Wildman–Crippen MR) is 130 cm³/mol. The number of rotatable bonds is 10. The van der Waals surface area contributed by atoms with Crippen molar-refractivity contribution in [1.29, 1.82) is 0 Å². The van der Waals surface area contributed by atoms with Gasteiger partial charge in [0.05, 0.1) is 0 Å². The summed E-state index contributed by atoms with van der Waals surface area (Å²) in [4.78, 5) is 20.6. The standard InChI is InChI=1S/C20H38N6O3.HI/c1-8-9-10-15(13-23-19(27)28-20(4,5)6)24-18(21-7)22-12-11-16-25-17(14(2)3)26-29-16;/h14-15H,8-13H2,1-7H3,(H,23,27)(H2,21,22,24);1H. The monoisotopic (exact) mass is 538 g/mol. The van der Waals surface area contributed by atoms with Crippen LogP contribution in [0.5, 0.6) is 0 Å². The molecule has 174 valence electrons. The van der Waals surface area contributed by atoms with Crippen LogP contribution in [0.25, 0.3) is 0 Å². The van der Waals surface area contributed by atoms with E-state index in [9.17, 15) is 4.79 Å². The second kappa shape index (κ2) is 14.4. The van der Waals surface area contributed by atoms with E-state index in [2.05, 4.69) is 38.0 Å². The van der Waals surface area contributed by atoms with Gasteiger partial charge in [-0.2, -0.15) is 4.98 Å². The third kappa shape index (κ3) is 12.2. The van der Waals surface area contributed by atoms with Crippen LogP contribution in [0.4, 0.5) is 4.79 Å². The lowest BCUT2D eigenvalue weighted by Crippen LogP contribution is -2.49. The molecule has 9 nitrogen and oxygen atoms in total. The van der Waals surface area contributed by atoms with Crippen molar-refractivity contribution in [3.63, 3.8) is 0 Å². The number of nitrogens with one attached hydrogen (secondary N) is 3. The van der Waals surface area contributed by atoms with Gasteiger partial charge in [-0.15, -0.1) is 24.0 Å². The molecule has 0 bridgehead atoms. The highest BCUT2D eigenvalue weighted by Crippen LogP contribution is 2.09. The summed E-state index contributed by atoms with van der Waals surface area (Å²) in [6, 6.07) is 0.0459. The van der Waals surface area contributed by atoms with Crippen LogP contribution in [0, 0.1) is 0 Å². The zero-order valence-corrected chi connectivity index (χ0v) is 21.7. The van der Waals surface area contributed by atoms with E-state index >= 15 is 0 Å². The number of guanidine groups is 1. The molecule has 30 heavy (non-hydrogen) atoms. The van der Waals surface area contributed by atoms with Crippen LogP contribution in [0.2, 0.25) is 0 Å². The van der Waals surface area contributed by atoms with E-state index in [-0.39, 0.29) is 35.9 Å². The lowest BCUT2D eigenvalue weighted by Gasteiger charge is -2.24. The number of unbranched alkanes of at least 4 members (excludes halogenated alkanes) is 1. The van der Waals surface area contributed by atoms with Crippen molar-refractivity contribution < 1.29 is 14.1 Å². The van der Waals surface area contributed by atoms with Crippen LogP contribution in [0.1, 0.15) is 78.4 Å². The second-order valence-corrected chi connectivity index (χ2v) is 8.32. The van der Waals surface area contributed by atoms with E-state index in [0.717, 1.165) is 25.1 Å². The summed E-state index contributed by atoms with van der Waals surface area (Å²) in [6.07, 6.45) is 3.22. The predicted octanol–water partition coefficient (Wildman–Crippen LogP) is 3.60. The molecule has 1 aromatic heterocycles. The van der Waals surface area contributed by atoms with Crippen molar-refractivity contribution in [3.8, 4) is 0 Å². The lowest BCUT2D eigenvalue weighted by molar-refractivity contribution is 0.0522. The summed E-state index contributed by atoms with van der Waals surface area (Å²) in [5.74, 6) is 2.23. The quantitative estimate of drug-likeness (QED) is 0.237. The molecule has 0 saturated heterocycles. The minimum absolute atomic E-state index is 0. The van der Waals surface area contributed by atoms with E-state index < -0.39 is 11.7 Å². The van der Waals surface area contributed by atoms with Gasteiger partial charge in [0.1, 0.15) is 5.60 Å². The Hall–Kier alpha value is -1.59. The largest absolute Gasteiger partial charge is 0.444 e. The van der Waals surface area contributed by atoms with Gasteiger partial charge in [-0.25, -0.2) is 4.79 Å². The fourth-order valence-electron chi connectivity index (χ4n) is 2.48. The molecular formula is C20H39IN6O3. The molecule has 0 spiro atoms. The molecule has 0 aliphatic rings. The smallest absolute Gasteiger partial charge is 0.407 e. The summed E-state index contributed by atoms with van der Waals surface area (Å²) in [5, 5.41) is 13.4. The van der Waals surface area contributed by atoms with Gasteiger partial charge in [0.15, 0.2) is 11.8 Å². The van der Waals surface area contributed by atoms with Gasteiger partial charge in [-0.05, 0) is 27.2 Å². The van der Waals surface area contributed by atoms with Crippen LogP contribution < -0.4 is 16.0 Å². The van der Waals surface area contributed by atoms with Crippen molar-refractivity contribution in [2.45, 2.75) is 84.8 Å². The maximum absolute atomic E-state index is 11.9. The highest BCUT2D eigenvalue weighted by atomic mass is 127. The molecule has 1 amide bonds. The highest BCUT2D eigenvalue weighted by molar-refractivity contribution is 14.0. The average molecular weight is 538 g/mol. The maximum atomic E-state index is 11.9. The Bertz CT molecular complexity index is 643. The van der Waals surface area contributed by atoms with Crippen molar-refractivity contribution in [2.24, 2.45) is 4.99 Å². The van der Waals surface area contributed by atoms with E-state index in [1.807, 2.05) is 34.6 Å². The summed E-state index contributed by atoms with van der Waals surface area (Å²) in [6.45, 7) is 12.8. The first-order valence-corrected chi connectivity index (χ1v) is 10.4. The molecule has 1 rings (SSSR count). The number of carbonyl (C=O) groups excluding carboxylic acids is 1. The number of hydrogen-bond acceptors (Lipinski definition) is 6. The fraction of sp³-hybridized carbons (Fsp3) is 0.800. The Kier molecular flexibility index (Phi) is 13.7. The number of aromatic nitrogens is 2. The van der Waals surface area contributed by atoms with E-state index in [1.54, 1.807) is 7.05 Å². The first-order valence-electron chi connectivity index (χ1n) is 10.4. The van der Waals surface area contributed by atoms with Crippen LogP contribution in [0.3, 0.4) is 0 Å². The molecule has 1 unspecified atom stereocenters. The first kappa shape index (κ1) is 28.4. The number of amides is 1. The van der Waals surface area contributed by atoms with Gasteiger partial charge in [-0.1, -0.05) is 38.8 Å². The van der Waals surface area contributed by atoms with Crippen molar-refractivity contribution in [2.75, 3.05) is 20.1 Å². The van der Waals surface area contributed by atoms with E-state index in [0.29, 0.717) is 31.4 Å². The summed E-state index contributed by atoms with van der Waals surface area (Å²) in [5.41, 5.74) is -0.516. The highest BCUT2D eigenvalue weighted by Gasteiger charge is 2.18. The summed E-state index contributed by atoms with van der Waals surface area (Å²) >= 11 is 0. The van der Waals surface area contributed by atoms with Crippen LogP contribution in [-0.4, -0.2) is 54.0 Å². The SMILES string of the molecule is CCCCC(CNC(=O)OC(C)(C)C)NC(=NC)NCCc1nc(C(C)C)no1.I. The van der Waals surface area contributed by atoms with E-state index in [4.69, 9.17) is 9.26 Å². The molecule has 1 heterocycles. The molecule has 1 aromatic rings. The first-order chi connectivity index (χ1) is 13.6. The number of carbonyl (C=O) groups is 1. The number of nitrogens with zero attached hydrogens (tertiary/aromatic N) is 3. The van der Waals surface area contributed by atoms with Crippen molar-refractivity contribution in [1.82, 2.24) is 26.1 Å². The maximum Gasteiger partial charge on any atom is 0.407 e. The van der Waals surface area contributed by atoms with Crippen molar-refractivity contribution in [3.05, 3.63) is 11.7 Å². The van der Waals surface area contributed by atoms with Gasteiger partial charge in [-0.3, -0.25) is 4.99 Å². The Morgan fingerprint density at radius 1 is 1.27 bits per heavy atom. The van der Waals surface area contributed by atoms with Crippen LogP contribution >= 0.6 is 24.0 Å². The molecule has 1 atom stereocenters. The van der Waals surface area contributed by atoms with Gasteiger partial charge in [0, 0.05) is 38.5 Å². The molecule has 3 N–H and O–H groups in total. The number of alkyl carbamates (subject to hydrolysis) is 1. The average Bonchev–Trinajstić information content (AvgIpc) is 3.10. The van der Waals surface area contributed by atoms with E-state index in [1.165, 1.54) is 0 Å². The van der Waals surface area contributed by atoms with Crippen molar-refractivity contribution >= 4 is 36.0 Å². The minimum atomic E-state index is -0.516. The van der Waals surface area contributed by atoms with Gasteiger partial charge in [0.25, 0.3) is 0 Å². The third-order valence-corrected chi connectivity index (χ3v) is 3.99. The van der Waals surface area contributed by atoms with Gasteiger partial charge < -0.3 is 25.2 Å². The summed E-state index contributed by atoms with van der Waals surface area (Å²) in [7, 11) is 1.72. The molecule has 0 aromatic carbocycles. The molecule has 0 radical (unpaired) electrons. The fourth-order valence-corrected chi connectivity index (χ4v) is 2.48. The van der Waals surface area contributed by atoms with Gasteiger partial charge in [0.2, 0.25) is 5.89 Å². The Balaban J connectivity index is 0.00000841. The second-order valence-electron chi connectivity index (χ2n) is 8.32. The van der Waals surface area contributed by atoms with Crippen LogP contribution in [0.15, 0.2) is 9.52 Å². The van der Waals surface area contributed by atoms with Gasteiger partial charge >= 0.3 is 6.09 Å². The molecule has 0 aliphatic heterocycles. The Labute approximate surface area is 197 Å². The molecule has 0 saturated carbocycles. The molecule has 0 fully saturated rings. The van der Waals surface area contributed by atoms with Crippen LogP contribution in [-0.2, 0) is 11.2 Å². The topological polar surface area (TPSA) is 114 Å². The zero-order valence-electron chi connectivity index (χ0n) is 19.4. The molecule has 0 aliphatic carbocycles. The molecular weight excluding hydrogens is 499 g/mol. The minimum Gasteiger partial charge on any atom is -0.444 e. The Morgan fingerprint density at radius 2 is 1.97 bits per heavy atom. The lowest BCUT2D eigenvalue weighted by atomic mass is 10.1. The number of hydrogen-bond donors (Lipinski definition) is 3. The summed E-state index contributed by atoms with van der Waals surface area (Å²) < 4.78 is 10.6.